The molecule has 0 aliphatic heterocycles. The standard InChI is InChI=1S/C10H18N4/c1-7(2)9-4-10(13-6-12-9)14-8(3)5-11/h4,6-8H,5,11H2,1-3H3,(H,12,13,14). The molecule has 4 nitrogen and oxygen atoms in total. The SMILES string of the molecule is CC(CN)Nc1cc(C(C)C)ncn1. The number of nitrogens with zero attached hydrogens (tertiary/aromatic N) is 2. The summed E-state index contributed by atoms with van der Waals surface area (Å²) in [5.74, 6) is 1.27. The Labute approximate surface area is 85.0 Å². The molecule has 0 saturated carbocycles. The summed E-state index contributed by atoms with van der Waals surface area (Å²) in [4.78, 5) is 8.32. The zero-order valence-corrected chi connectivity index (χ0v) is 8.99. The van der Waals surface area contributed by atoms with Crippen molar-refractivity contribution in [1.82, 2.24) is 9.97 Å². The van der Waals surface area contributed by atoms with Gasteiger partial charge in [-0.15, -0.1) is 0 Å². The fourth-order valence-corrected chi connectivity index (χ4v) is 1.08. The number of hydrogen-bond donors (Lipinski definition) is 2. The Hall–Kier alpha value is -1.16. The van der Waals surface area contributed by atoms with E-state index >= 15 is 0 Å². The second-order valence-corrected chi connectivity index (χ2v) is 3.76. The van der Waals surface area contributed by atoms with E-state index < -0.39 is 0 Å². The Bertz CT molecular complexity index is 285. The van der Waals surface area contributed by atoms with E-state index in [4.69, 9.17) is 5.73 Å². The lowest BCUT2D eigenvalue weighted by Crippen LogP contribution is -2.25. The molecule has 0 bridgehead atoms. The molecule has 1 unspecified atom stereocenters. The van der Waals surface area contributed by atoms with Crippen LogP contribution in [0.25, 0.3) is 0 Å². The summed E-state index contributed by atoms with van der Waals surface area (Å²) in [7, 11) is 0. The number of nitrogens with two attached hydrogens (primary N) is 1. The fraction of sp³-hybridized carbons (Fsp3) is 0.600. The van der Waals surface area contributed by atoms with Crippen LogP contribution in [0.15, 0.2) is 12.4 Å². The monoisotopic (exact) mass is 194 g/mol. The van der Waals surface area contributed by atoms with Gasteiger partial charge >= 0.3 is 0 Å². The average molecular weight is 194 g/mol. The number of aromatic nitrogens is 2. The highest BCUT2D eigenvalue weighted by Gasteiger charge is 2.04. The third-order valence-corrected chi connectivity index (χ3v) is 2.03. The van der Waals surface area contributed by atoms with Crippen LogP contribution in [0.1, 0.15) is 32.4 Å². The van der Waals surface area contributed by atoms with Crippen molar-refractivity contribution in [2.24, 2.45) is 5.73 Å². The van der Waals surface area contributed by atoms with Crippen LogP contribution in [0.4, 0.5) is 5.82 Å². The number of hydrogen-bond acceptors (Lipinski definition) is 4. The quantitative estimate of drug-likeness (QED) is 0.759. The average Bonchev–Trinajstić information content (AvgIpc) is 2.18. The molecule has 3 N–H and O–H groups in total. The van der Waals surface area contributed by atoms with E-state index in [-0.39, 0.29) is 6.04 Å². The van der Waals surface area contributed by atoms with Crippen LogP contribution in [0, 0.1) is 0 Å². The summed E-state index contributed by atoms with van der Waals surface area (Å²) in [5.41, 5.74) is 6.56. The molecule has 14 heavy (non-hydrogen) atoms. The maximum Gasteiger partial charge on any atom is 0.129 e. The third-order valence-electron chi connectivity index (χ3n) is 2.03. The largest absolute Gasteiger partial charge is 0.366 e. The first-order valence-electron chi connectivity index (χ1n) is 4.92. The van der Waals surface area contributed by atoms with Crippen molar-refractivity contribution in [2.45, 2.75) is 32.7 Å². The second kappa shape index (κ2) is 4.91. The first-order valence-corrected chi connectivity index (χ1v) is 4.92. The van der Waals surface area contributed by atoms with Gasteiger partial charge in [0.1, 0.15) is 12.1 Å². The highest BCUT2D eigenvalue weighted by Crippen LogP contribution is 2.13. The van der Waals surface area contributed by atoms with Crippen LogP contribution >= 0.6 is 0 Å². The summed E-state index contributed by atoms with van der Waals surface area (Å²) >= 11 is 0. The van der Waals surface area contributed by atoms with E-state index in [0.717, 1.165) is 11.5 Å². The molecule has 4 heteroatoms. The minimum atomic E-state index is 0.241. The predicted octanol–water partition coefficient (Wildman–Crippen LogP) is 1.36. The predicted molar refractivity (Wildman–Crippen MR) is 58.3 cm³/mol. The van der Waals surface area contributed by atoms with Gasteiger partial charge in [-0.2, -0.15) is 0 Å². The highest BCUT2D eigenvalue weighted by molar-refractivity contribution is 5.36. The van der Waals surface area contributed by atoms with Gasteiger partial charge in [-0.3, -0.25) is 0 Å². The minimum absolute atomic E-state index is 0.241. The normalized spacial score (nSPS) is 12.9. The molecule has 1 atom stereocenters. The van der Waals surface area contributed by atoms with E-state index in [1.807, 2.05) is 13.0 Å². The van der Waals surface area contributed by atoms with E-state index in [1.54, 1.807) is 6.33 Å². The van der Waals surface area contributed by atoms with Crippen LogP contribution in [0.3, 0.4) is 0 Å². The van der Waals surface area contributed by atoms with Gasteiger partial charge in [-0.25, -0.2) is 9.97 Å². The molecule has 0 amide bonds. The Balaban J connectivity index is 2.73. The molecule has 0 spiro atoms. The van der Waals surface area contributed by atoms with Crippen molar-refractivity contribution in [1.29, 1.82) is 0 Å². The van der Waals surface area contributed by atoms with Gasteiger partial charge < -0.3 is 11.1 Å². The van der Waals surface area contributed by atoms with Gasteiger partial charge in [0.2, 0.25) is 0 Å². The Morgan fingerprint density at radius 1 is 1.36 bits per heavy atom. The summed E-state index contributed by atoms with van der Waals surface area (Å²) in [6.45, 7) is 6.84. The Kier molecular flexibility index (Phi) is 3.83. The van der Waals surface area contributed by atoms with Gasteiger partial charge in [0.25, 0.3) is 0 Å². The van der Waals surface area contributed by atoms with E-state index in [2.05, 4.69) is 29.1 Å². The Morgan fingerprint density at radius 2 is 2.07 bits per heavy atom. The van der Waals surface area contributed by atoms with Crippen LogP contribution in [0.2, 0.25) is 0 Å². The second-order valence-electron chi connectivity index (χ2n) is 3.76. The molecule has 1 aromatic rings. The smallest absolute Gasteiger partial charge is 0.129 e. The van der Waals surface area contributed by atoms with Gasteiger partial charge in [0.15, 0.2) is 0 Å². The molecule has 0 radical (unpaired) electrons. The molecule has 0 aromatic carbocycles. The van der Waals surface area contributed by atoms with Gasteiger partial charge in [0, 0.05) is 24.3 Å². The van der Waals surface area contributed by atoms with Crippen molar-refractivity contribution < 1.29 is 0 Å². The van der Waals surface area contributed by atoms with Crippen LogP contribution in [0.5, 0.6) is 0 Å². The summed E-state index contributed by atoms with van der Waals surface area (Å²) < 4.78 is 0. The first-order chi connectivity index (χ1) is 6.63. The fourth-order valence-electron chi connectivity index (χ4n) is 1.08. The minimum Gasteiger partial charge on any atom is -0.366 e. The van der Waals surface area contributed by atoms with Gasteiger partial charge in [0.05, 0.1) is 0 Å². The van der Waals surface area contributed by atoms with Crippen molar-refractivity contribution in [3.63, 3.8) is 0 Å². The molecule has 1 rings (SSSR count). The summed E-state index contributed by atoms with van der Waals surface area (Å²) in [6.07, 6.45) is 1.58. The molecular formula is C10H18N4. The van der Waals surface area contributed by atoms with Crippen LogP contribution < -0.4 is 11.1 Å². The summed E-state index contributed by atoms with van der Waals surface area (Å²) in [6, 6.07) is 2.21. The number of rotatable bonds is 4. The van der Waals surface area contributed by atoms with Gasteiger partial charge in [-0.05, 0) is 12.8 Å². The van der Waals surface area contributed by atoms with Crippen LogP contribution in [-0.4, -0.2) is 22.6 Å². The lowest BCUT2D eigenvalue weighted by molar-refractivity contribution is 0.784. The van der Waals surface area contributed by atoms with Crippen molar-refractivity contribution in [3.05, 3.63) is 18.1 Å². The van der Waals surface area contributed by atoms with Crippen LogP contribution in [-0.2, 0) is 0 Å². The van der Waals surface area contributed by atoms with E-state index in [0.29, 0.717) is 12.5 Å². The van der Waals surface area contributed by atoms with Gasteiger partial charge in [-0.1, -0.05) is 13.8 Å². The maximum atomic E-state index is 5.51. The van der Waals surface area contributed by atoms with Crippen molar-refractivity contribution in [2.75, 3.05) is 11.9 Å². The molecule has 0 fully saturated rings. The number of nitrogens with one attached hydrogen (secondary N) is 1. The highest BCUT2D eigenvalue weighted by atomic mass is 15.0. The summed E-state index contributed by atoms with van der Waals surface area (Å²) in [5, 5.41) is 3.21. The van der Waals surface area contributed by atoms with Crippen molar-refractivity contribution >= 4 is 5.82 Å². The Morgan fingerprint density at radius 3 is 2.64 bits per heavy atom. The molecule has 1 heterocycles. The molecule has 0 aliphatic carbocycles. The lowest BCUT2D eigenvalue weighted by Gasteiger charge is -2.12. The van der Waals surface area contributed by atoms with Crippen molar-refractivity contribution in [3.8, 4) is 0 Å². The maximum absolute atomic E-state index is 5.51. The topological polar surface area (TPSA) is 63.8 Å². The molecule has 78 valence electrons. The molecule has 0 aliphatic rings. The molecule has 0 saturated heterocycles. The van der Waals surface area contributed by atoms with E-state index in [1.165, 1.54) is 0 Å². The first kappa shape index (κ1) is 10.9. The zero-order chi connectivity index (χ0) is 10.6. The zero-order valence-electron chi connectivity index (χ0n) is 8.99. The molecule has 1 aromatic heterocycles. The molecular weight excluding hydrogens is 176 g/mol. The number of anilines is 1. The lowest BCUT2D eigenvalue weighted by atomic mass is 10.1. The van der Waals surface area contributed by atoms with E-state index in [9.17, 15) is 0 Å². The third kappa shape index (κ3) is 2.96.